The van der Waals surface area contributed by atoms with Crippen LogP contribution in [0.25, 0.3) is 11.1 Å². The smallest absolute Gasteiger partial charge is 0.339 e. The van der Waals surface area contributed by atoms with Gasteiger partial charge in [-0.3, -0.25) is 0 Å². The van der Waals surface area contributed by atoms with Crippen molar-refractivity contribution in [2.75, 3.05) is 0 Å². The van der Waals surface area contributed by atoms with Crippen LogP contribution in [0.5, 0.6) is 0 Å². The predicted molar refractivity (Wildman–Crippen MR) is 99.9 cm³/mol. The van der Waals surface area contributed by atoms with Crippen molar-refractivity contribution in [2.24, 2.45) is 0 Å². The quantitative estimate of drug-likeness (QED) is 0.480. The van der Waals surface area contributed by atoms with E-state index >= 15 is 0 Å². The van der Waals surface area contributed by atoms with E-state index in [-0.39, 0.29) is 5.82 Å². The van der Waals surface area contributed by atoms with Gasteiger partial charge >= 0.3 is 5.97 Å². The maximum Gasteiger partial charge on any atom is 0.339 e. The number of hydrogen-bond acceptors (Lipinski definition) is 2. The van der Waals surface area contributed by atoms with Crippen LogP contribution in [0, 0.1) is 18.2 Å². The molecule has 0 N–H and O–H groups in total. The van der Waals surface area contributed by atoms with Gasteiger partial charge in [0.15, 0.2) is 5.60 Å². The maximum absolute atomic E-state index is 13.1. The lowest BCUT2D eigenvalue weighted by Gasteiger charge is -2.25. The molecule has 1 unspecified atom stereocenters. The van der Waals surface area contributed by atoms with Gasteiger partial charge in [0.2, 0.25) is 0 Å². The Hall–Kier alpha value is -3.38. The minimum Gasteiger partial charge on any atom is -0.438 e. The SMILES string of the molecule is C#CC(C)(OC(=O)c1ccccc1)c1ccc(-c2ccc(F)cc2)cc1. The van der Waals surface area contributed by atoms with Gasteiger partial charge in [-0.2, -0.15) is 0 Å². The summed E-state index contributed by atoms with van der Waals surface area (Å²) in [5.74, 6) is 1.81. The monoisotopic (exact) mass is 344 g/mol. The predicted octanol–water partition coefficient (Wildman–Crippen LogP) is 5.20. The Balaban J connectivity index is 1.84. The van der Waals surface area contributed by atoms with Gasteiger partial charge in [0.1, 0.15) is 5.82 Å². The number of terminal acetylenes is 1. The van der Waals surface area contributed by atoms with E-state index in [4.69, 9.17) is 11.2 Å². The number of carbonyl (C=O) groups excluding carboxylic acids is 1. The van der Waals surface area contributed by atoms with E-state index in [9.17, 15) is 9.18 Å². The summed E-state index contributed by atoms with van der Waals surface area (Å²) in [4.78, 5) is 12.4. The summed E-state index contributed by atoms with van der Waals surface area (Å²) in [7, 11) is 0. The average molecular weight is 344 g/mol. The first-order valence-corrected chi connectivity index (χ1v) is 8.14. The first-order valence-electron chi connectivity index (χ1n) is 8.14. The third-order valence-electron chi connectivity index (χ3n) is 4.20. The van der Waals surface area contributed by atoms with Crippen LogP contribution in [0.2, 0.25) is 0 Å². The van der Waals surface area contributed by atoms with Crippen molar-refractivity contribution in [3.63, 3.8) is 0 Å². The summed E-state index contributed by atoms with van der Waals surface area (Å²) in [5, 5.41) is 0. The normalized spacial score (nSPS) is 12.7. The molecule has 0 saturated heterocycles. The van der Waals surface area contributed by atoms with Gasteiger partial charge in [0.05, 0.1) is 5.56 Å². The van der Waals surface area contributed by atoms with Crippen LogP contribution in [0.4, 0.5) is 4.39 Å². The highest BCUT2D eigenvalue weighted by molar-refractivity contribution is 5.89. The van der Waals surface area contributed by atoms with Crippen molar-refractivity contribution in [3.8, 4) is 23.5 Å². The highest BCUT2D eigenvalue weighted by Gasteiger charge is 2.29. The lowest BCUT2D eigenvalue weighted by Crippen LogP contribution is -2.27. The summed E-state index contributed by atoms with van der Waals surface area (Å²) >= 11 is 0. The molecule has 0 fully saturated rings. The second kappa shape index (κ2) is 7.25. The Morgan fingerprint density at radius 2 is 1.46 bits per heavy atom. The third kappa shape index (κ3) is 3.65. The summed E-state index contributed by atoms with van der Waals surface area (Å²) in [6.07, 6.45) is 5.66. The van der Waals surface area contributed by atoms with Gasteiger partial charge in [0, 0.05) is 5.56 Å². The molecule has 0 saturated carbocycles. The van der Waals surface area contributed by atoms with Gasteiger partial charge in [-0.1, -0.05) is 60.5 Å². The van der Waals surface area contributed by atoms with E-state index < -0.39 is 11.6 Å². The van der Waals surface area contributed by atoms with Crippen molar-refractivity contribution in [1.82, 2.24) is 0 Å². The molecule has 0 heterocycles. The van der Waals surface area contributed by atoms with Crippen LogP contribution in [-0.4, -0.2) is 5.97 Å². The molecule has 0 bridgehead atoms. The fraction of sp³-hybridized carbons (Fsp3) is 0.0870. The molecule has 3 aromatic carbocycles. The van der Waals surface area contributed by atoms with Gasteiger partial charge in [-0.15, -0.1) is 6.42 Å². The number of rotatable bonds is 4. The molecular weight excluding hydrogens is 327 g/mol. The lowest BCUT2D eigenvalue weighted by atomic mass is 9.94. The number of ether oxygens (including phenoxy) is 1. The van der Waals surface area contributed by atoms with Crippen molar-refractivity contribution < 1.29 is 13.9 Å². The van der Waals surface area contributed by atoms with Crippen LogP contribution in [0.1, 0.15) is 22.8 Å². The molecular formula is C23H17FO2. The minimum atomic E-state index is -1.19. The fourth-order valence-electron chi connectivity index (χ4n) is 2.61. The molecule has 0 spiro atoms. The molecule has 0 aliphatic carbocycles. The van der Waals surface area contributed by atoms with E-state index in [1.165, 1.54) is 12.1 Å². The highest BCUT2D eigenvalue weighted by atomic mass is 19.1. The van der Waals surface area contributed by atoms with Gasteiger partial charge < -0.3 is 4.74 Å². The number of carbonyl (C=O) groups is 1. The minimum absolute atomic E-state index is 0.280. The zero-order chi connectivity index (χ0) is 18.6. The van der Waals surface area contributed by atoms with E-state index in [1.807, 2.05) is 30.3 Å². The fourth-order valence-corrected chi connectivity index (χ4v) is 2.61. The lowest BCUT2D eigenvalue weighted by molar-refractivity contribution is 0.0129. The number of halogens is 1. The maximum atomic E-state index is 13.1. The standard InChI is InChI=1S/C23H17FO2/c1-3-23(2,26-22(25)19-7-5-4-6-8-19)20-13-9-17(10-14-20)18-11-15-21(24)16-12-18/h1,4-16H,2H3. The van der Waals surface area contributed by atoms with Crippen LogP contribution >= 0.6 is 0 Å². The van der Waals surface area contributed by atoms with Crippen LogP contribution in [-0.2, 0) is 10.3 Å². The van der Waals surface area contributed by atoms with Gasteiger partial charge in [-0.25, -0.2) is 9.18 Å². The molecule has 1 atom stereocenters. The number of benzene rings is 3. The molecule has 0 aliphatic heterocycles. The van der Waals surface area contributed by atoms with Crippen molar-refractivity contribution in [2.45, 2.75) is 12.5 Å². The molecule has 128 valence electrons. The first-order chi connectivity index (χ1) is 12.5. The largest absolute Gasteiger partial charge is 0.438 e. The molecule has 3 heteroatoms. The highest BCUT2D eigenvalue weighted by Crippen LogP contribution is 2.29. The molecule has 2 nitrogen and oxygen atoms in total. The second-order valence-electron chi connectivity index (χ2n) is 6.02. The van der Waals surface area contributed by atoms with E-state index in [1.54, 1.807) is 43.3 Å². The molecule has 3 aromatic rings. The Kier molecular flexibility index (Phi) is 4.86. The Morgan fingerprint density at radius 3 is 2.00 bits per heavy atom. The average Bonchev–Trinajstić information content (AvgIpc) is 2.69. The summed E-state index contributed by atoms with van der Waals surface area (Å²) in [6.45, 7) is 1.68. The van der Waals surface area contributed by atoms with Crippen molar-refractivity contribution in [3.05, 3.63) is 95.8 Å². The molecule has 0 radical (unpaired) electrons. The Morgan fingerprint density at radius 1 is 0.923 bits per heavy atom. The van der Waals surface area contributed by atoms with Crippen LogP contribution in [0.15, 0.2) is 78.9 Å². The van der Waals surface area contributed by atoms with E-state index in [2.05, 4.69) is 5.92 Å². The van der Waals surface area contributed by atoms with E-state index in [0.717, 1.165) is 11.1 Å². The summed E-state index contributed by atoms with van der Waals surface area (Å²) in [6, 6.07) is 22.3. The number of hydrogen-bond donors (Lipinski definition) is 0. The second-order valence-corrected chi connectivity index (χ2v) is 6.02. The van der Waals surface area contributed by atoms with Crippen LogP contribution < -0.4 is 0 Å². The third-order valence-corrected chi connectivity index (χ3v) is 4.20. The summed E-state index contributed by atoms with van der Waals surface area (Å²) < 4.78 is 18.7. The molecule has 0 aliphatic rings. The molecule has 26 heavy (non-hydrogen) atoms. The summed E-state index contributed by atoms with van der Waals surface area (Å²) in [5.41, 5.74) is 1.75. The number of esters is 1. The van der Waals surface area contributed by atoms with Gasteiger partial charge in [0.25, 0.3) is 0 Å². The topological polar surface area (TPSA) is 26.3 Å². The molecule has 0 amide bonds. The van der Waals surface area contributed by atoms with Gasteiger partial charge in [-0.05, 0) is 42.3 Å². The van der Waals surface area contributed by atoms with E-state index in [0.29, 0.717) is 11.1 Å². The Bertz CT molecular complexity index is 938. The molecule has 0 aromatic heterocycles. The Labute approximate surface area is 152 Å². The first kappa shape index (κ1) is 17.4. The zero-order valence-electron chi connectivity index (χ0n) is 14.3. The van der Waals surface area contributed by atoms with Crippen molar-refractivity contribution >= 4 is 5.97 Å². The van der Waals surface area contributed by atoms with Crippen molar-refractivity contribution in [1.29, 1.82) is 0 Å². The zero-order valence-corrected chi connectivity index (χ0v) is 14.3. The molecule has 3 rings (SSSR count). The van der Waals surface area contributed by atoms with Crippen LogP contribution in [0.3, 0.4) is 0 Å².